The van der Waals surface area contributed by atoms with Crippen LogP contribution in [0.2, 0.25) is 0 Å². The first-order chi connectivity index (χ1) is 12.6. The third-order valence-electron chi connectivity index (χ3n) is 4.29. The molecule has 0 unspecified atom stereocenters. The van der Waals surface area contributed by atoms with E-state index in [0.717, 1.165) is 22.0 Å². The summed E-state index contributed by atoms with van der Waals surface area (Å²) >= 11 is 1.52. The summed E-state index contributed by atoms with van der Waals surface area (Å²) in [7, 11) is 0. The van der Waals surface area contributed by atoms with Crippen molar-refractivity contribution in [3.05, 3.63) is 71.2 Å². The second kappa shape index (κ2) is 6.72. The minimum atomic E-state index is -0.300. The summed E-state index contributed by atoms with van der Waals surface area (Å²) in [6, 6.07) is 17.1. The summed E-state index contributed by atoms with van der Waals surface area (Å²) in [5.41, 5.74) is 3.69. The van der Waals surface area contributed by atoms with E-state index in [2.05, 4.69) is 4.98 Å². The lowest BCUT2D eigenvalue weighted by molar-refractivity contribution is -0.125. The Labute approximate surface area is 155 Å². The fourth-order valence-electron chi connectivity index (χ4n) is 2.88. The summed E-state index contributed by atoms with van der Waals surface area (Å²) in [4.78, 5) is 32.3. The minimum Gasteiger partial charge on any atom is -0.285 e. The molecule has 0 N–H and O–H groups in total. The number of nitrogens with zero attached hydrogens (tertiary/aromatic N) is 3. The number of anilines is 1. The number of urea groups is 1. The number of thiazole rings is 1. The SMILES string of the molecule is Cc1ccc(-c2nc(CN3C(=O)CN(c4ccccc4)C3=O)cs2)cc1. The summed E-state index contributed by atoms with van der Waals surface area (Å²) in [6.45, 7) is 2.31. The zero-order chi connectivity index (χ0) is 18.1. The first-order valence-electron chi connectivity index (χ1n) is 8.30. The van der Waals surface area contributed by atoms with Crippen LogP contribution in [0.1, 0.15) is 11.3 Å². The molecule has 0 atom stereocenters. The maximum atomic E-state index is 12.6. The van der Waals surface area contributed by atoms with E-state index in [1.165, 1.54) is 26.7 Å². The molecule has 4 rings (SSSR count). The van der Waals surface area contributed by atoms with Crippen LogP contribution in [0.15, 0.2) is 60.0 Å². The van der Waals surface area contributed by atoms with E-state index in [0.29, 0.717) is 0 Å². The number of imide groups is 1. The van der Waals surface area contributed by atoms with Crippen molar-refractivity contribution in [2.75, 3.05) is 11.4 Å². The largest absolute Gasteiger partial charge is 0.332 e. The van der Waals surface area contributed by atoms with Gasteiger partial charge in [0, 0.05) is 16.6 Å². The first kappa shape index (κ1) is 16.5. The number of carbonyl (C=O) groups excluding carboxylic acids is 2. The monoisotopic (exact) mass is 363 g/mol. The molecular weight excluding hydrogens is 346 g/mol. The van der Waals surface area contributed by atoms with Crippen molar-refractivity contribution in [3.63, 3.8) is 0 Å². The lowest BCUT2D eigenvalue weighted by Gasteiger charge is -2.16. The number of hydrogen-bond acceptors (Lipinski definition) is 4. The molecule has 0 spiro atoms. The second-order valence-corrected chi connectivity index (χ2v) is 7.05. The average Bonchev–Trinajstić information content (AvgIpc) is 3.23. The molecule has 1 saturated heterocycles. The van der Waals surface area contributed by atoms with E-state index >= 15 is 0 Å². The number of aromatic nitrogens is 1. The van der Waals surface area contributed by atoms with Crippen molar-refractivity contribution in [1.29, 1.82) is 0 Å². The van der Waals surface area contributed by atoms with Gasteiger partial charge in [0.05, 0.1) is 12.2 Å². The van der Waals surface area contributed by atoms with Crippen LogP contribution in [-0.2, 0) is 11.3 Å². The van der Waals surface area contributed by atoms with Gasteiger partial charge in [0.25, 0.3) is 5.91 Å². The van der Waals surface area contributed by atoms with Gasteiger partial charge in [-0.15, -0.1) is 11.3 Å². The number of hydrogen-bond donors (Lipinski definition) is 0. The van der Waals surface area contributed by atoms with Crippen LogP contribution in [0.25, 0.3) is 10.6 Å². The highest BCUT2D eigenvalue weighted by atomic mass is 32.1. The van der Waals surface area contributed by atoms with E-state index in [9.17, 15) is 9.59 Å². The molecule has 3 aromatic rings. The topological polar surface area (TPSA) is 53.5 Å². The van der Waals surface area contributed by atoms with Crippen LogP contribution in [0.4, 0.5) is 10.5 Å². The van der Waals surface area contributed by atoms with Crippen molar-refractivity contribution < 1.29 is 9.59 Å². The Morgan fingerprint density at radius 1 is 1.04 bits per heavy atom. The number of amides is 3. The predicted octanol–water partition coefficient (Wildman–Crippen LogP) is 4.09. The van der Waals surface area contributed by atoms with E-state index in [1.54, 1.807) is 0 Å². The lowest BCUT2D eigenvalue weighted by Crippen LogP contribution is -2.32. The van der Waals surface area contributed by atoms with Crippen molar-refractivity contribution in [2.24, 2.45) is 0 Å². The molecule has 0 saturated carbocycles. The van der Waals surface area contributed by atoms with Gasteiger partial charge in [-0.2, -0.15) is 0 Å². The third kappa shape index (κ3) is 3.11. The average molecular weight is 363 g/mol. The highest BCUT2D eigenvalue weighted by Gasteiger charge is 2.37. The minimum absolute atomic E-state index is 0.0673. The van der Waals surface area contributed by atoms with Crippen LogP contribution < -0.4 is 4.90 Å². The number of carbonyl (C=O) groups is 2. The van der Waals surface area contributed by atoms with Crippen LogP contribution in [0.3, 0.4) is 0 Å². The Balaban J connectivity index is 1.52. The van der Waals surface area contributed by atoms with Crippen molar-refractivity contribution in [1.82, 2.24) is 9.88 Å². The van der Waals surface area contributed by atoms with Crippen molar-refractivity contribution >= 4 is 29.0 Å². The zero-order valence-corrected chi connectivity index (χ0v) is 15.1. The van der Waals surface area contributed by atoms with Gasteiger partial charge in [0.2, 0.25) is 0 Å². The molecule has 26 heavy (non-hydrogen) atoms. The molecule has 1 aliphatic heterocycles. The van der Waals surface area contributed by atoms with Crippen LogP contribution in [0.5, 0.6) is 0 Å². The normalized spacial score (nSPS) is 14.3. The van der Waals surface area contributed by atoms with Crippen LogP contribution in [0, 0.1) is 6.92 Å². The van der Waals surface area contributed by atoms with Gasteiger partial charge in [0.15, 0.2) is 0 Å². The third-order valence-corrected chi connectivity index (χ3v) is 5.23. The molecule has 0 bridgehead atoms. The van der Waals surface area contributed by atoms with Gasteiger partial charge in [-0.1, -0.05) is 48.0 Å². The molecule has 6 heteroatoms. The lowest BCUT2D eigenvalue weighted by atomic mass is 10.2. The van der Waals surface area contributed by atoms with E-state index in [4.69, 9.17) is 0 Å². The molecule has 0 aliphatic carbocycles. The Morgan fingerprint density at radius 3 is 2.50 bits per heavy atom. The summed E-state index contributed by atoms with van der Waals surface area (Å²) in [5.74, 6) is -0.205. The molecule has 130 valence electrons. The molecule has 1 aliphatic rings. The summed E-state index contributed by atoms with van der Waals surface area (Å²) in [5, 5.41) is 2.79. The molecule has 3 amide bonds. The van der Waals surface area contributed by atoms with Gasteiger partial charge in [-0.05, 0) is 19.1 Å². The Hall–Kier alpha value is -2.99. The Morgan fingerprint density at radius 2 is 1.77 bits per heavy atom. The van der Waals surface area contributed by atoms with Crippen molar-refractivity contribution in [2.45, 2.75) is 13.5 Å². The smallest absolute Gasteiger partial charge is 0.285 e. The van der Waals surface area contributed by atoms with Gasteiger partial charge < -0.3 is 0 Å². The fourth-order valence-corrected chi connectivity index (χ4v) is 3.69. The molecule has 1 aromatic heterocycles. The highest BCUT2D eigenvalue weighted by molar-refractivity contribution is 7.13. The first-order valence-corrected chi connectivity index (χ1v) is 9.18. The maximum Gasteiger partial charge on any atom is 0.332 e. The molecule has 2 heterocycles. The van der Waals surface area contributed by atoms with E-state index < -0.39 is 0 Å². The van der Waals surface area contributed by atoms with Crippen LogP contribution in [-0.4, -0.2) is 28.4 Å². The number of benzene rings is 2. The standard InChI is InChI=1S/C20H17N3O2S/c1-14-7-9-15(10-8-14)19-21-16(13-26-19)11-23-18(24)12-22(20(23)25)17-5-3-2-4-6-17/h2-10,13H,11-12H2,1H3. The maximum absolute atomic E-state index is 12.6. The summed E-state index contributed by atoms with van der Waals surface area (Å²) in [6.07, 6.45) is 0. The number of para-hydroxylation sites is 1. The zero-order valence-electron chi connectivity index (χ0n) is 14.3. The van der Waals surface area contributed by atoms with Gasteiger partial charge >= 0.3 is 6.03 Å². The molecule has 0 radical (unpaired) electrons. The molecular formula is C20H17N3O2S. The second-order valence-electron chi connectivity index (χ2n) is 6.19. The van der Waals surface area contributed by atoms with E-state index in [-0.39, 0.29) is 25.0 Å². The van der Waals surface area contributed by atoms with Crippen molar-refractivity contribution in [3.8, 4) is 10.6 Å². The molecule has 1 fully saturated rings. The number of aryl methyl sites for hydroxylation is 1. The predicted molar refractivity (Wildman–Crippen MR) is 102 cm³/mol. The Bertz CT molecular complexity index is 951. The number of rotatable bonds is 4. The molecule has 5 nitrogen and oxygen atoms in total. The van der Waals surface area contributed by atoms with E-state index in [1.807, 2.05) is 66.9 Å². The van der Waals surface area contributed by atoms with Crippen LogP contribution >= 0.6 is 11.3 Å². The summed E-state index contributed by atoms with van der Waals surface area (Å²) < 4.78 is 0. The Kier molecular flexibility index (Phi) is 4.26. The van der Waals surface area contributed by atoms with Gasteiger partial charge in [0.1, 0.15) is 11.6 Å². The van der Waals surface area contributed by atoms with Gasteiger partial charge in [-0.25, -0.2) is 9.78 Å². The quantitative estimate of drug-likeness (QED) is 0.656. The fraction of sp³-hybridized carbons (Fsp3) is 0.150. The highest BCUT2D eigenvalue weighted by Crippen LogP contribution is 2.26. The van der Waals surface area contributed by atoms with Gasteiger partial charge in [-0.3, -0.25) is 14.6 Å². The molecule has 2 aromatic carbocycles.